The molecule has 0 spiro atoms. The van der Waals surface area contributed by atoms with Crippen LogP contribution in [-0.2, 0) is 4.79 Å². The van der Waals surface area contributed by atoms with Crippen molar-refractivity contribution in [3.05, 3.63) is 34.9 Å². The summed E-state index contributed by atoms with van der Waals surface area (Å²) in [5.41, 5.74) is 0.571. The molecule has 2 rings (SSSR count). The van der Waals surface area contributed by atoms with Crippen molar-refractivity contribution in [2.75, 3.05) is 0 Å². The van der Waals surface area contributed by atoms with E-state index < -0.39 is 0 Å². The molecular formula is C12H9ClO. The second-order valence-corrected chi connectivity index (χ2v) is 3.97. The number of benzene rings is 1. The van der Waals surface area contributed by atoms with Crippen molar-refractivity contribution >= 4 is 17.9 Å². The van der Waals surface area contributed by atoms with Gasteiger partial charge in [-0.25, -0.2) is 0 Å². The lowest BCUT2D eigenvalue weighted by Gasteiger charge is -1.93. The number of halogens is 1. The fraction of sp³-hybridized carbons (Fsp3) is 0.250. The third kappa shape index (κ3) is 1.97. The fourth-order valence-corrected chi connectivity index (χ4v) is 1.26. The quantitative estimate of drug-likeness (QED) is 0.508. The normalized spacial score (nSPS) is 16.6. The summed E-state index contributed by atoms with van der Waals surface area (Å²) in [6.07, 6.45) is 2.75. The maximum absolute atomic E-state index is 10.6. The Hall–Kier alpha value is -1.26. The average Bonchev–Trinajstić information content (AvgIpc) is 2.98. The van der Waals surface area contributed by atoms with E-state index in [0.29, 0.717) is 5.02 Å². The van der Waals surface area contributed by atoms with E-state index in [1.165, 1.54) is 0 Å². The summed E-state index contributed by atoms with van der Waals surface area (Å²) in [7, 11) is 0. The summed E-state index contributed by atoms with van der Waals surface area (Å²) in [5.74, 6) is 5.98. The SMILES string of the molecule is O=CC1(C#Cc2ccc(Cl)cc2)CC1. The predicted molar refractivity (Wildman–Crippen MR) is 56.1 cm³/mol. The van der Waals surface area contributed by atoms with Gasteiger partial charge in [0, 0.05) is 10.6 Å². The molecule has 0 aromatic heterocycles. The van der Waals surface area contributed by atoms with Crippen molar-refractivity contribution in [2.24, 2.45) is 5.41 Å². The van der Waals surface area contributed by atoms with E-state index in [4.69, 9.17) is 11.6 Å². The molecule has 70 valence electrons. The van der Waals surface area contributed by atoms with E-state index in [2.05, 4.69) is 11.8 Å². The Morgan fingerprint density at radius 3 is 2.43 bits per heavy atom. The molecule has 1 aliphatic rings. The van der Waals surface area contributed by atoms with Gasteiger partial charge in [0.05, 0.1) is 5.41 Å². The monoisotopic (exact) mass is 204 g/mol. The highest BCUT2D eigenvalue weighted by atomic mass is 35.5. The zero-order chi connectivity index (χ0) is 10.0. The molecule has 0 radical (unpaired) electrons. The topological polar surface area (TPSA) is 17.1 Å². The molecule has 0 amide bonds. The number of carbonyl (C=O) groups is 1. The van der Waals surface area contributed by atoms with Crippen LogP contribution in [0.2, 0.25) is 5.02 Å². The first-order valence-electron chi connectivity index (χ1n) is 4.49. The molecule has 0 heterocycles. The van der Waals surface area contributed by atoms with Crippen LogP contribution >= 0.6 is 11.6 Å². The summed E-state index contributed by atoms with van der Waals surface area (Å²) in [6.45, 7) is 0. The van der Waals surface area contributed by atoms with Crippen molar-refractivity contribution in [1.29, 1.82) is 0 Å². The van der Waals surface area contributed by atoms with E-state index in [1.54, 1.807) is 12.1 Å². The lowest BCUT2D eigenvalue weighted by molar-refractivity contribution is -0.110. The first-order valence-corrected chi connectivity index (χ1v) is 4.87. The first-order chi connectivity index (χ1) is 6.74. The molecule has 0 aliphatic heterocycles. The number of carbonyl (C=O) groups excluding carboxylic acids is 1. The van der Waals surface area contributed by atoms with Gasteiger partial charge >= 0.3 is 0 Å². The fourth-order valence-electron chi connectivity index (χ4n) is 1.14. The largest absolute Gasteiger partial charge is 0.302 e. The molecule has 1 aromatic carbocycles. The van der Waals surface area contributed by atoms with E-state index in [0.717, 1.165) is 24.7 Å². The van der Waals surface area contributed by atoms with Crippen LogP contribution in [0.5, 0.6) is 0 Å². The lowest BCUT2D eigenvalue weighted by Crippen LogP contribution is -1.96. The molecule has 1 nitrogen and oxygen atoms in total. The Bertz CT molecular complexity index is 404. The minimum absolute atomic E-state index is 0.334. The highest BCUT2D eigenvalue weighted by molar-refractivity contribution is 6.30. The maximum Gasteiger partial charge on any atom is 0.138 e. The molecule has 0 bridgehead atoms. The Kier molecular flexibility index (Phi) is 2.31. The summed E-state index contributed by atoms with van der Waals surface area (Å²) in [4.78, 5) is 10.6. The third-order valence-corrected chi connectivity index (χ3v) is 2.57. The zero-order valence-electron chi connectivity index (χ0n) is 7.59. The highest BCUT2D eigenvalue weighted by Gasteiger charge is 2.40. The summed E-state index contributed by atoms with van der Waals surface area (Å²) in [6, 6.07) is 7.31. The van der Waals surface area contributed by atoms with Crippen LogP contribution in [0.1, 0.15) is 18.4 Å². The third-order valence-electron chi connectivity index (χ3n) is 2.31. The van der Waals surface area contributed by atoms with E-state index in [9.17, 15) is 4.79 Å². The second kappa shape index (κ2) is 3.48. The standard InChI is InChI=1S/C12H9ClO/c13-11-3-1-10(2-4-11)5-6-12(9-14)7-8-12/h1-4,9H,7-8H2. The van der Waals surface area contributed by atoms with Gasteiger partial charge in [0.25, 0.3) is 0 Å². The molecule has 2 heteroatoms. The zero-order valence-corrected chi connectivity index (χ0v) is 8.34. The van der Waals surface area contributed by atoms with Gasteiger partial charge < -0.3 is 4.79 Å². The maximum atomic E-state index is 10.6. The number of rotatable bonds is 1. The van der Waals surface area contributed by atoms with Gasteiger partial charge in [-0.15, -0.1) is 0 Å². The van der Waals surface area contributed by atoms with Crippen molar-refractivity contribution in [1.82, 2.24) is 0 Å². The van der Waals surface area contributed by atoms with Crippen LogP contribution in [-0.4, -0.2) is 6.29 Å². The molecule has 1 aromatic rings. The number of hydrogen-bond donors (Lipinski definition) is 0. The van der Waals surface area contributed by atoms with Crippen LogP contribution < -0.4 is 0 Å². The van der Waals surface area contributed by atoms with Gasteiger partial charge in [-0.05, 0) is 37.1 Å². The molecule has 0 saturated heterocycles. The van der Waals surface area contributed by atoms with Crippen LogP contribution in [0, 0.1) is 17.3 Å². The van der Waals surface area contributed by atoms with Gasteiger partial charge in [-0.3, -0.25) is 0 Å². The predicted octanol–water partition coefficient (Wildman–Crippen LogP) is 2.67. The van der Waals surface area contributed by atoms with Crippen LogP contribution in [0.15, 0.2) is 24.3 Å². The van der Waals surface area contributed by atoms with E-state index in [-0.39, 0.29) is 5.41 Å². The summed E-state index contributed by atoms with van der Waals surface area (Å²) < 4.78 is 0. The van der Waals surface area contributed by atoms with Gasteiger partial charge in [0.15, 0.2) is 0 Å². The minimum atomic E-state index is -0.334. The highest BCUT2D eigenvalue weighted by Crippen LogP contribution is 2.42. The average molecular weight is 205 g/mol. The first kappa shape index (κ1) is 9.30. The number of hydrogen-bond acceptors (Lipinski definition) is 1. The Labute approximate surface area is 88.1 Å². The Morgan fingerprint density at radius 2 is 1.93 bits per heavy atom. The van der Waals surface area contributed by atoms with E-state index >= 15 is 0 Å². The van der Waals surface area contributed by atoms with Gasteiger partial charge in [-0.2, -0.15) is 0 Å². The lowest BCUT2D eigenvalue weighted by atomic mass is 10.1. The van der Waals surface area contributed by atoms with E-state index in [1.807, 2.05) is 12.1 Å². The second-order valence-electron chi connectivity index (χ2n) is 3.53. The van der Waals surface area contributed by atoms with Gasteiger partial charge in [0.1, 0.15) is 6.29 Å². The molecule has 0 atom stereocenters. The molecule has 1 aliphatic carbocycles. The van der Waals surface area contributed by atoms with Crippen LogP contribution in [0.25, 0.3) is 0 Å². The molecule has 1 saturated carbocycles. The van der Waals surface area contributed by atoms with Crippen LogP contribution in [0.4, 0.5) is 0 Å². The van der Waals surface area contributed by atoms with Gasteiger partial charge in [-0.1, -0.05) is 23.4 Å². The number of aldehydes is 1. The molecular weight excluding hydrogens is 196 g/mol. The van der Waals surface area contributed by atoms with Crippen molar-refractivity contribution in [3.8, 4) is 11.8 Å². The van der Waals surface area contributed by atoms with Gasteiger partial charge in [0.2, 0.25) is 0 Å². The van der Waals surface area contributed by atoms with Crippen LogP contribution in [0.3, 0.4) is 0 Å². The van der Waals surface area contributed by atoms with Crippen molar-refractivity contribution in [3.63, 3.8) is 0 Å². The molecule has 14 heavy (non-hydrogen) atoms. The molecule has 0 unspecified atom stereocenters. The smallest absolute Gasteiger partial charge is 0.138 e. The van der Waals surface area contributed by atoms with Crippen molar-refractivity contribution < 1.29 is 4.79 Å². The Balaban J connectivity index is 2.18. The minimum Gasteiger partial charge on any atom is -0.302 e. The van der Waals surface area contributed by atoms with Crippen molar-refractivity contribution in [2.45, 2.75) is 12.8 Å². The summed E-state index contributed by atoms with van der Waals surface area (Å²) in [5, 5.41) is 0.701. The Morgan fingerprint density at radius 1 is 1.29 bits per heavy atom. The molecule has 1 fully saturated rings. The summed E-state index contributed by atoms with van der Waals surface area (Å²) >= 11 is 5.74. The molecule has 0 N–H and O–H groups in total.